The predicted molar refractivity (Wildman–Crippen MR) is 96.8 cm³/mol. The minimum absolute atomic E-state index is 0. The number of thioether (sulfide) groups is 1. The van der Waals surface area contributed by atoms with Crippen molar-refractivity contribution in [2.75, 3.05) is 19.6 Å². The summed E-state index contributed by atoms with van der Waals surface area (Å²) in [5.74, 6) is 0.903. The molecule has 0 fully saturated rings. The van der Waals surface area contributed by atoms with E-state index in [4.69, 9.17) is 0 Å². The van der Waals surface area contributed by atoms with Crippen LogP contribution >= 0.6 is 35.7 Å². The van der Waals surface area contributed by atoms with Gasteiger partial charge in [0.2, 0.25) is 0 Å². The van der Waals surface area contributed by atoms with Gasteiger partial charge in [0.1, 0.15) is 0 Å². The zero-order chi connectivity index (χ0) is 13.2. The lowest BCUT2D eigenvalue weighted by Gasteiger charge is -2.12. The van der Waals surface area contributed by atoms with Crippen LogP contribution in [0.1, 0.15) is 20.8 Å². The summed E-state index contributed by atoms with van der Waals surface area (Å²) in [7, 11) is 0. The van der Waals surface area contributed by atoms with E-state index in [9.17, 15) is 0 Å². The summed E-state index contributed by atoms with van der Waals surface area (Å²) in [5.41, 5.74) is 0. The van der Waals surface area contributed by atoms with Gasteiger partial charge in [0.15, 0.2) is 5.96 Å². The predicted octanol–water partition coefficient (Wildman–Crippen LogP) is 3.36. The Morgan fingerprint density at radius 3 is 2.26 bits per heavy atom. The number of guanidine groups is 1. The van der Waals surface area contributed by atoms with Crippen LogP contribution in [0.2, 0.25) is 0 Å². The Morgan fingerprint density at radius 1 is 1.16 bits per heavy atom. The van der Waals surface area contributed by atoms with Crippen LogP contribution < -0.4 is 10.6 Å². The molecule has 108 valence electrons. The van der Waals surface area contributed by atoms with E-state index in [-0.39, 0.29) is 24.0 Å². The van der Waals surface area contributed by atoms with Crippen molar-refractivity contribution in [3.05, 3.63) is 30.3 Å². The molecule has 0 aliphatic carbocycles. The van der Waals surface area contributed by atoms with Gasteiger partial charge >= 0.3 is 0 Å². The minimum Gasteiger partial charge on any atom is -0.357 e. The summed E-state index contributed by atoms with van der Waals surface area (Å²) >= 11 is 1.86. The van der Waals surface area contributed by atoms with E-state index >= 15 is 0 Å². The van der Waals surface area contributed by atoms with Crippen molar-refractivity contribution in [2.24, 2.45) is 4.99 Å². The maximum Gasteiger partial charge on any atom is 0.191 e. The maximum absolute atomic E-state index is 4.57. The van der Waals surface area contributed by atoms with Crippen molar-refractivity contribution in [3.63, 3.8) is 0 Å². The number of hydrogen-bond acceptors (Lipinski definition) is 2. The molecule has 1 rings (SSSR count). The maximum atomic E-state index is 4.57. The Labute approximate surface area is 138 Å². The molecular formula is C14H24IN3S. The van der Waals surface area contributed by atoms with E-state index in [0.29, 0.717) is 5.25 Å². The van der Waals surface area contributed by atoms with E-state index in [1.807, 2.05) is 17.8 Å². The summed E-state index contributed by atoms with van der Waals surface area (Å²) in [6, 6.07) is 10.5. The highest BCUT2D eigenvalue weighted by atomic mass is 127. The Bertz CT molecular complexity index is 349. The van der Waals surface area contributed by atoms with Crippen LogP contribution in [-0.4, -0.2) is 30.8 Å². The highest BCUT2D eigenvalue weighted by Crippen LogP contribution is 2.22. The average molecular weight is 393 g/mol. The highest BCUT2D eigenvalue weighted by Gasteiger charge is 2.04. The van der Waals surface area contributed by atoms with Gasteiger partial charge in [-0.15, -0.1) is 35.7 Å². The first kappa shape index (κ1) is 18.6. The van der Waals surface area contributed by atoms with Gasteiger partial charge < -0.3 is 10.6 Å². The lowest BCUT2D eigenvalue weighted by atomic mass is 10.4. The molecule has 1 unspecified atom stereocenters. The standard InChI is InChI=1S/C14H23N3S.HI/c1-4-15-14(16-5-2)17-11-12(3)18-13-9-7-6-8-10-13;/h6-10,12H,4-5,11H2,1-3H3,(H2,15,16,17);1H. The topological polar surface area (TPSA) is 36.4 Å². The lowest BCUT2D eigenvalue weighted by molar-refractivity contribution is 0.831. The second kappa shape index (κ2) is 11.4. The van der Waals surface area contributed by atoms with Crippen molar-refractivity contribution < 1.29 is 0 Å². The van der Waals surface area contributed by atoms with Gasteiger partial charge in [-0.25, -0.2) is 0 Å². The first-order chi connectivity index (χ1) is 8.76. The van der Waals surface area contributed by atoms with Gasteiger partial charge in [0.05, 0.1) is 6.54 Å². The molecule has 0 radical (unpaired) electrons. The molecule has 0 saturated carbocycles. The molecule has 0 amide bonds. The normalized spacial score (nSPS) is 11.1. The highest BCUT2D eigenvalue weighted by molar-refractivity contribution is 14.0. The summed E-state index contributed by atoms with van der Waals surface area (Å²) in [5, 5.41) is 6.94. The molecule has 2 N–H and O–H groups in total. The fraction of sp³-hybridized carbons (Fsp3) is 0.500. The Morgan fingerprint density at radius 2 is 1.74 bits per heavy atom. The third-order valence-electron chi connectivity index (χ3n) is 2.28. The van der Waals surface area contributed by atoms with Gasteiger partial charge in [0, 0.05) is 23.2 Å². The van der Waals surface area contributed by atoms with Gasteiger partial charge in [0.25, 0.3) is 0 Å². The van der Waals surface area contributed by atoms with Gasteiger partial charge in [-0.05, 0) is 26.0 Å². The number of rotatable bonds is 6. The Kier molecular flexibility index (Phi) is 11.1. The molecule has 0 heterocycles. The summed E-state index contributed by atoms with van der Waals surface area (Å²) < 4.78 is 0. The Hall–Kier alpha value is -0.430. The zero-order valence-electron chi connectivity index (χ0n) is 11.8. The molecule has 0 aliphatic rings. The second-order valence-corrected chi connectivity index (χ2v) is 5.50. The molecule has 1 atom stereocenters. The largest absolute Gasteiger partial charge is 0.357 e. The van der Waals surface area contributed by atoms with Crippen LogP contribution in [-0.2, 0) is 0 Å². The monoisotopic (exact) mass is 393 g/mol. The number of nitrogens with zero attached hydrogens (tertiary/aromatic N) is 1. The Balaban J connectivity index is 0.00000324. The third kappa shape index (κ3) is 8.36. The number of hydrogen-bond donors (Lipinski definition) is 2. The molecule has 0 bridgehead atoms. The molecule has 0 saturated heterocycles. The smallest absolute Gasteiger partial charge is 0.191 e. The van der Waals surface area contributed by atoms with E-state index in [0.717, 1.165) is 25.6 Å². The zero-order valence-corrected chi connectivity index (χ0v) is 15.0. The van der Waals surface area contributed by atoms with Crippen molar-refractivity contribution in [2.45, 2.75) is 30.9 Å². The SMILES string of the molecule is CCNC(=NCC(C)Sc1ccccc1)NCC.I. The molecule has 1 aromatic rings. The van der Waals surface area contributed by atoms with Crippen LogP contribution in [0.3, 0.4) is 0 Å². The van der Waals surface area contributed by atoms with E-state index in [1.165, 1.54) is 4.90 Å². The van der Waals surface area contributed by atoms with Crippen LogP contribution in [0.25, 0.3) is 0 Å². The summed E-state index contributed by atoms with van der Waals surface area (Å²) in [6.45, 7) is 8.97. The van der Waals surface area contributed by atoms with Crippen LogP contribution in [0.5, 0.6) is 0 Å². The van der Waals surface area contributed by atoms with Crippen molar-refractivity contribution in [1.82, 2.24) is 10.6 Å². The summed E-state index contributed by atoms with van der Waals surface area (Å²) in [6.07, 6.45) is 0. The number of nitrogens with one attached hydrogen (secondary N) is 2. The van der Waals surface area contributed by atoms with Gasteiger partial charge in [-0.3, -0.25) is 4.99 Å². The van der Waals surface area contributed by atoms with E-state index in [1.54, 1.807) is 0 Å². The molecule has 0 aromatic heterocycles. The van der Waals surface area contributed by atoms with Crippen LogP contribution in [0.15, 0.2) is 40.2 Å². The van der Waals surface area contributed by atoms with Gasteiger partial charge in [-0.1, -0.05) is 25.1 Å². The molecule has 1 aromatic carbocycles. The molecule has 0 spiro atoms. The van der Waals surface area contributed by atoms with Gasteiger partial charge in [-0.2, -0.15) is 0 Å². The van der Waals surface area contributed by atoms with Crippen molar-refractivity contribution >= 4 is 41.7 Å². The van der Waals surface area contributed by atoms with Crippen LogP contribution in [0.4, 0.5) is 0 Å². The first-order valence-electron chi connectivity index (χ1n) is 6.50. The first-order valence-corrected chi connectivity index (χ1v) is 7.38. The minimum atomic E-state index is 0. The number of halogens is 1. The molecule has 19 heavy (non-hydrogen) atoms. The number of aliphatic imine (C=N–C) groups is 1. The van der Waals surface area contributed by atoms with Crippen molar-refractivity contribution in [3.8, 4) is 0 Å². The fourth-order valence-electron chi connectivity index (χ4n) is 1.50. The van der Waals surface area contributed by atoms with Crippen molar-refractivity contribution in [1.29, 1.82) is 0 Å². The lowest BCUT2D eigenvalue weighted by Crippen LogP contribution is -2.37. The second-order valence-electron chi connectivity index (χ2n) is 3.99. The molecule has 3 nitrogen and oxygen atoms in total. The van der Waals surface area contributed by atoms with Crippen LogP contribution in [0, 0.1) is 0 Å². The third-order valence-corrected chi connectivity index (χ3v) is 3.37. The summed E-state index contributed by atoms with van der Waals surface area (Å²) in [4.78, 5) is 5.87. The van der Waals surface area contributed by atoms with E-state index < -0.39 is 0 Å². The average Bonchev–Trinajstić information content (AvgIpc) is 2.38. The van der Waals surface area contributed by atoms with E-state index in [2.05, 4.69) is 60.7 Å². The molecule has 0 aliphatic heterocycles. The fourth-order valence-corrected chi connectivity index (χ4v) is 2.43. The quantitative estimate of drug-likeness (QED) is 0.337. The molecular weight excluding hydrogens is 369 g/mol. The number of benzene rings is 1. The molecule has 5 heteroatoms.